The predicted molar refractivity (Wildman–Crippen MR) is 71.2 cm³/mol. The Morgan fingerprint density at radius 3 is 2.56 bits per heavy atom. The molecule has 0 bridgehead atoms. The van der Waals surface area contributed by atoms with Crippen LogP contribution >= 0.6 is 0 Å². The number of hydrogen-bond acceptors (Lipinski definition) is 2. The van der Waals surface area contributed by atoms with Gasteiger partial charge in [-0.2, -0.15) is 0 Å². The molecular weight excluding hydrogens is 227 g/mol. The van der Waals surface area contributed by atoms with Crippen molar-refractivity contribution in [2.24, 2.45) is 4.99 Å². The highest BCUT2D eigenvalue weighted by molar-refractivity contribution is 6.05. The molecule has 0 saturated carbocycles. The van der Waals surface area contributed by atoms with Gasteiger partial charge in [-0.15, -0.1) is 0 Å². The van der Waals surface area contributed by atoms with Crippen LogP contribution in [0.25, 0.3) is 11.1 Å². The molecule has 0 spiro atoms. The van der Waals surface area contributed by atoms with Crippen LogP contribution in [0.15, 0.2) is 53.5 Å². The lowest BCUT2D eigenvalue weighted by Crippen LogP contribution is -2.20. The van der Waals surface area contributed by atoms with Crippen LogP contribution in [0.3, 0.4) is 0 Å². The van der Waals surface area contributed by atoms with Crippen molar-refractivity contribution in [3.63, 3.8) is 0 Å². The topological polar surface area (TPSA) is 24.4 Å². The molecule has 0 radical (unpaired) electrons. The number of rotatable bonds is 2. The second-order valence-corrected chi connectivity index (χ2v) is 4.21. The Labute approximate surface area is 105 Å². The van der Waals surface area contributed by atoms with Crippen molar-refractivity contribution in [3.8, 4) is 11.1 Å². The standard InChI is InChI=1S/C15H13FN2/c16-12-5-3-4-11(10-12)13-6-1-2-7-14(13)15-17-8-9-18-15/h1-7,10H,8-9H2,(H,17,18). The first-order valence-corrected chi connectivity index (χ1v) is 5.98. The Morgan fingerprint density at radius 1 is 1.00 bits per heavy atom. The molecule has 1 aliphatic heterocycles. The summed E-state index contributed by atoms with van der Waals surface area (Å²) < 4.78 is 13.3. The van der Waals surface area contributed by atoms with E-state index in [9.17, 15) is 4.39 Å². The molecule has 3 rings (SSSR count). The molecule has 1 aliphatic rings. The molecule has 0 fully saturated rings. The van der Waals surface area contributed by atoms with Gasteiger partial charge in [-0.3, -0.25) is 4.99 Å². The fourth-order valence-electron chi connectivity index (χ4n) is 2.18. The molecule has 2 nitrogen and oxygen atoms in total. The number of nitrogens with one attached hydrogen (secondary N) is 1. The lowest BCUT2D eigenvalue weighted by atomic mass is 9.99. The number of amidine groups is 1. The van der Waals surface area contributed by atoms with Crippen molar-refractivity contribution in [1.82, 2.24) is 5.32 Å². The maximum absolute atomic E-state index is 13.3. The highest BCUT2D eigenvalue weighted by Gasteiger charge is 2.13. The maximum Gasteiger partial charge on any atom is 0.129 e. The predicted octanol–water partition coefficient (Wildman–Crippen LogP) is 2.84. The van der Waals surface area contributed by atoms with Crippen molar-refractivity contribution >= 4 is 5.84 Å². The van der Waals surface area contributed by atoms with Gasteiger partial charge in [0.2, 0.25) is 0 Å². The molecule has 90 valence electrons. The van der Waals surface area contributed by atoms with Gasteiger partial charge in [-0.05, 0) is 23.3 Å². The highest BCUT2D eigenvalue weighted by atomic mass is 19.1. The zero-order valence-corrected chi connectivity index (χ0v) is 9.86. The molecule has 0 saturated heterocycles. The zero-order valence-electron chi connectivity index (χ0n) is 9.86. The van der Waals surface area contributed by atoms with Gasteiger partial charge in [0.1, 0.15) is 11.7 Å². The van der Waals surface area contributed by atoms with E-state index in [4.69, 9.17) is 0 Å². The molecular formula is C15H13FN2. The molecule has 18 heavy (non-hydrogen) atoms. The Morgan fingerprint density at radius 2 is 1.83 bits per heavy atom. The fraction of sp³-hybridized carbons (Fsp3) is 0.133. The van der Waals surface area contributed by atoms with Crippen LogP contribution in [0.4, 0.5) is 4.39 Å². The van der Waals surface area contributed by atoms with E-state index in [1.807, 2.05) is 30.3 Å². The highest BCUT2D eigenvalue weighted by Crippen LogP contribution is 2.24. The van der Waals surface area contributed by atoms with Crippen molar-refractivity contribution in [1.29, 1.82) is 0 Å². The summed E-state index contributed by atoms with van der Waals surface area (Å²) in [5, 5.41) is 3.25. The van der Waals surface area contributed by atoms with Crippen LogP contribution in [0, 0.1) is 5.82 Å². The second kappa shape index (κ2) is 4.61. The lowest BCUT2D eigenvalue weighted by Gasteiger charge is -2.10. The Hall–Kier alpha value is -2.16. The van der Waals surface area contributed by atoms with Gasteiger partial charge in [0.25, 0.3) is 0 Å². The van der Waals surface area contributed by atoms with E-state index in [1.54, 1.807) is 12.1 Å². The number of hydrogen-bond donors (Lipinski definition) is 1. The SMILES string of the molecule is Fc1cccc(-c2ccccc2C2=NCCN2)c1. The summed E-state index contributed by atoms with van der Waals surface area (Å²) in [6, 6.07) is 14.6. The number of nitrogens with zero attached hydrogens (tertiary/aromatic N) is 1. The second-order valence-electron chi connectivity index (χ2n) is 4.21. The summed E-state index contributed by atoms with van der Waals surface area (Å²) in [6.07, 6.45) is 0. The average molecular weight is 240 g/mol. The molecule has 3 heteroatoms. The van der Waals surface area contributed by atoms with E-state index in [1.165, 1.54) is 6.07 Å². The fourth-order valence-corrected chi connectivity index (χ4v) is 2.18. The minimum atomic E-state index is -0.219. The van der Waals surface area contributed by atoms with E-state index in [0.29, 0.717) is 0 Å². The molecule has 0 atom stereocenters. The van der Waals surface area contributed by atoms with Crippen molar-refractivity contribution in [2.45, 2.75) is 0 Å². The molecule has 0 amide bonds. The van der Waals surface area contributed by atoms with Gasteiger partial charge in [0, 0.05) is 12.1 Å². The molecule has 0 unspecified atom stereocenters. The maximum atomic E-state index is 13.3. The van der Waals surface area contributed by atoms with Crippen LogP contribution in [-0.4, -0.2) is 18.9 Å². The number of benzene rings is 2. The van der Waals surface area contributed by atoms with E-state index in [0.717, 1.165) is 35.6 Å². The Balaban J connectivity index is 2.12. The molecule has 1 heterocycles. The third kappa shape index (κ3) is 1.99. The normalized spacial score (nSPS) is 14.2. The number of halogens is 1. The first-order valence-electron chi connectivity index (χ1n) is 5.98. The zero-order chi connectivity index (χ0) is 12.4. The van der Waals surface area contributed by atoms with Crippen molar-refractivity contribution < 1.29 is 4.39 Å². The van der Waals surface area contributed by atoms with Crippen molar-refractivity contribution in [2.75, 3.05) is 13.1 Å². The summed E-state index contributed by atoms with van der Waals surface area (Å²) in [7, 11) is 0. The molecule has 2 aromatic carbocycles. The van der Waals surface area contributed by atoms with E-state index < -0.39 is 0 Å². The van der Waals surface area contributed by atoms with Crippen LogP contribution in [0.2, 0.25) is 0 Å². The van der Waals surface area contributed by atoms with Gasteiger partial charge >= 0.3 is 0 Å². The van der Waals surface area contributed by atoms with E-state index >= 15 is 0 Å². The van der Waals surface area contributed by atoms with Crippen molar-refractivity contribution in [3.05, 3.63) is 59.9 Å². The summed E-state index contributed by atoms with van der Waals surface area (Å²) in [4.78, 5) is 4.43. The summed E-state index contributed by atoms with van der Waals surface area (Å²) in [5.74, 6) is 0.679. The van der Waals surface area contributed by atoms with Crippen LogP contribution in [0.1, 0.15) is 5.56 Å². The largest absolute Gasteiger partial charge is 0.368 e. The summed E-state index contributed by atoms with van der Waals surface area (Å²) >= 11 is 0. The molecule has 0 aliphatic carbocycles. The quantitative estimate of drug-likeness (QED) is 0.857. The minimum absolute atomic E-state index is 0.219. The molecule has 1 N–H and O–H groups in total. The summed E-state index contributed by atoms with van der Waals surface area (Å²) in [5.41, 5.74) is 2.91. The molecule has 0 aromatic heterocycles. The van der Waals surface area contributed by atoms with E-state index in [2.05, 4.69) is 10.3 Å². The van der Waals surface area contributed by atoms with Gasteiger partial charge in [-0.25, -0.2) is 4.39 Å². The van der Waals surface area contributed by atoms with Crippen LogP contribution < -0.4 is 5.32 Å². The van der Waals surface area contributed by atoms with Gasteiger partial charge in [0.15, 0.2) is 0 Å². The van der Waals surface area contributed by atoms with E-state index in [-0.39, 0.29) is 5.82 Å². The first-order chi connectivity index (χ1) is 8.84. The monoisotopic (exact) mass is 240 g/mol. The summed E-state index contributed by atoms with van der Waals surface area (Å²) in [6.45, 7) is 1.67. The lowest BCUT2D eigenvalue weighted by molar-refractivity contribution is 0.628. The van der Waals surface area contributed by atoms with Gasteiger partial charge in [0.05, 0.1) is 6.54 Å². The Bertz CT molecular complexity index is 605. The van der Waals surface area contributed by atoms with Gasteiger partial charge in [-0.1, -0.05) is 36.4 Å². The smallest absolute Gasteiger partial charge is 0.129 e. The average Bonchev–Trinajstić information content (AvgIpc) is 2.92. The van der Waals surface area contributed by atoms with Crippen LogP contribution in [-0.2, 0) is 0 Å². The molecule has 2 aromatic rings. The first kappa shape index (κ1) is 11.0. The van der Waals surface area contributed by atoms with Crippen LogP contribution in [0.5, 0.6) is 0 Å². The number of aliphatic imine (C=N–C) groups is 1. The van der Waals surface area contributed by atoms with Gasteiger partial charge < -0.3 is 5.32 Å². The Kier molecular flexibility index (Phi) is 2.81. The third-order valence-corrected chi connectivity index (χ3v) is 2.99. The third-order valence-electron chi connectivity index (χ3n) is 2.99. The minimum Gasteiger partial charge on any atom is -0.368 e.